The number of carbonyl (C=O) groups is 2. The molecule has 1 aromatic carbocycles. The lowest BCUT2D eigenvalue weighted by atomic mass is 9.83. The van der Waals surface area contributed by atoms with Crippen LogP contribution in [0.5, 0.6) is 0 Å². The van der Waals surface area contributed by atoms with Crippen molar-refractivity contribution in [2.24, 2.45) is 5.92 Å². The van der Waals surface area contributed by atoms with Crippen LogP contribution >= 0.6 is 0 Å². The third kappa shape index (κ3) is 2.74. The molecule has 1 N–H and O–H groups in total. The van der Waals surface area contributed by atoms with Gasteiger partial charge in [-0.05, 0) is 50.2 Å². The number of carbonyl (C=O) groups excluding carboxylic acids is 1. The molecule has 1 aliphatic carbocycles. The van der Waals surface area contributed by atoms with Gasteiger partial charge in [-0.15, -0.1) is 0 Å². The largest absolute Gasteiger partial charge is 0.480 e. The molecular weight excluding hydrogens is 294 g/mol. The first kappa shape index (κ1) is 16.0. The van der Waals surface area contributed by atoms with E-state index in [0.717, 1.165) is 18.4 Å². The lowest BCUT2D eigenvalue weighted by molar-refractivity contribution is -0.143. The lowest BCUT2D eigenvalue weighted by Crippen LogP contribution is -2.55. The van der Waals surface area contributed by atoms with E-state index in [1.165, 1.54) is 4.90 Å². The fraction of sp³-hybridized carbons (Fsp3) is 0.556. The number of rotatable bonds is 2. The van der Waals surface area contributed by atoms with Crippen molar-refractivity contribution in [3.8, 4) is 0 Å². The maximum atomic E-state index is 13.1. The van der Waals surface area contributed by atoms with Crippen LogP contribution in [0.3, 0.4) is 0 Å². The summed E-state index contributed by atoms with van der Waals surface area (Å²) in [6, 6.07) is 6.40. The number of carboxylic acids is 1. The molecule has 0 bridgehead atoms. The summed E-state index contributed by atoms with van der Waals surface area (Å²) < 4.78 is 5.92. The van der Waals surface area contributed by atoms with Crippen LogP contribution in [0.15, 0.2) is 24.3 Å². The molecule has 23 heavy (non-hydrogen) atoms. The van der Waals surface area contributed by atoms with Gasteiger partial charge in [-0.1, -0.05) is 25.1 Å². The number of nitrogens with zero attached hydrogens (tertiary/aromatic N) is 1. The van der Waals surface area contributed by atoms with Gasteiger partial charge in [0.15, 0.2) is 6.04 Å². The Hall–Kier alpha value is -1.88. The topological polar surface area (TPSA) is 66.8 Å². The third-order valence-corrected chi connectivity index (χ3v) is 5.20. The van der Waals surface area contributed by atoms with E-state index < -0.39 is 17.7 Å². The molecule has 1 heterocycles. The van der Waals surface area contributed by atoms with E-state index >= 15 is 0 Å². The first-order valence-electron chi connectivity index (χ1n) is 8.21. The second kappa shape index (κ2) is 5.96. The minimum absolute atomic E-state index is 0.0708. The molecule has 1 saturated heterocycles. The van der Waals surface area contributed by atoms with Gasteiger partial charge in [0.2, 0.25) is 0 Å². The number of carboxylic acid groups (broad SMARTS) is 1. The van der Waals surface area contributed by atoms with Crippen LogP contribution in [0.1, 0.15) is 48.5 Å². The molecule has 0 radical (unpaired) electrons. The first-order chi connectivity index (χ1) is 10.9. The van der Waals surface area contributed by atoms with Crippen molar-refractivity contribution < 1.29 is 19.4 Å². The highest BCUT2D eigenvalue weighted by molar-refractivity contribution is 5.98. The zero-order valence-electron chi connectivity index (χ0n) is 13.6. The number of aryl methyl sites for hydroxylation is 1. The van der Waals surface area contributed by atoms with Gasteiger partial charge >= 0.3 is 5.97 Å². The lowest BCUT2D eigenvalue weighted by Gasteiger charge is -2.42. The van der Waals surface area contributed by atoms with E-state index in [4.69, 9.17) is 4.74 Å². The highest BCUT2D eigenvalue weighted by Gasteiger charge is 2.53. The Morgan fingerprint density at radius 2 is 1.91 bits per heavy atom. The highest BCUT2D eigenvalue weighted by atomic mass is 16.5. The Balaban J connectivity index is 1.98. The molecular formula is C18H23NO4. The van der Waals surface area contributed by atoms with E-state index in [-0.39, 0.29) is 12.5 Å². The number of hydrogen-bond donors (Lipinski definition) is 1. The smallest absolute Gasteiger partial charge is 0.328 e. The SMILES string of the molecule is Cc1ccccc1C(=O)N1[C@H](C(=O)O)COC12CCC(C)CC2. The average Bonchev–Trinajstić information content (AvgIpc) is 2.90. The normalized spacial score (nSPS) is 30.6. The van der Waals surface area contributed by atoms with E-state index in [9.17, 15) is 14.7 Å². The summed E-state index contributed by atoms with van der Waals surface area (Å²) in [6.45, 7) is 4.13. The van der Waals surface area contributed by atoms with E-state index in [2.05, 4.69) is 6.92 Å². The molecule has 1 aromatic rings. The van der Waals surface area contributed by atoms with E-state index in [0.29, 0.717) is 24.3 Å². The first-order valence-corrected chi connectivity index (χ1v) is 8.21. The van der Waals surface area contributed by atoms with Crippen LogP contribution in [0.25, 0.3) is 0 Å². The number of aliphatic carboxylic acids is 1. The standard InChI is InChI=1S/C18H23NO4/c1-12-7-9-18(10-8-12)19(15(11-23-18)17(21)22)16(20)14-6-4-3-5-13(14)2/h3-6,12,15H,7-11H2,1-2H3,(H,21,22)/t12?,15-,18?/m0/s1. The molecule has 5 heteroatoms. The molecule has 2 aliphatic rings. The van der Waals surface area contributed by atoms with Crippen LogP contribution < -0.4 is 0 Å². The minimum Gasteiger partial charge on any atom is -0.480 e. The van der Waals surface area contributed by atoms with E-state index in [1.54, 1.807) is 6.07 Å². The van der Waals surface area contributed by atoms with Crippen molar-refractivity contribution in [1.82, 2.24) is 4.90 Å². The summed E-state index contributed by atoms with van der Waals surface area (Å²) in [5.74, 6) is -0.645. The number of ether oxygens (including phenoxy) is 1. The molecule has 2 fully saturated rings. The molecule has 1 saturated carbocycles. The summed E-state index contributed by atoms with van der Waals surface area (Å²) in [6.07, 6.45) is 3.30. The fourth-order valence-electron chi connectivity index (χ4n) is 3.71. The second-order valence-electron chi connectivity index (χ2n) is 6.78. The van der Waals surface area contributed by atoms with Crippen LogP contribution in [0.2, 0.25) is 0 Å². The Labute approximate surface area is 136 Å². The van der Waals surface area contributed by atoms with Crippen LogP contribution in [-0.2, 0) is 9.53 Å². The Bertz CT molecular complexity index is 619. The third-order valence-electron chi connectivity index (χ3n) is 5.20. The quantitative estimate of drug-likeness (QED) is 0.911. The maximum absolute atomic E-state index is 13.1. The van der Waals surface area contributed by atoms with Crippen molar-refractivity contribution in [3.05, 3.63) is 35.4 Å². The Morgan fingerprint density at radius 3 is 2.52 bits per heavy atom. The average molecular weight is 317 g/mol. The summed E-state index contributed by atoms with van der Waals surface area (Å²) in [5, 5.41) is 9.54. The van der Waals surface area contributed by atoms with Gasteiger partial charge in [0.05, 0.1) is 6.61 Å². The molecule has 1 amide bonds. The molecule has 124 valence electrons. The highest BCUT2D eigenvalue weighted by Crippen LogP contribution is 2.43. The van der Waals surface area contributed by atoms with Crippen molar-refractivity contribution in [2.45, 2.75) is 51.3 Å². The molecule has 1 spiro atoms. The summed E-state index contributed by atoms with van der Waals surface area (Å²) >= 11 is 0. The zero-order valence-corrected chi connectivity index (χ0v) is 13.6. The van der Waals surface area contributed by atoms with Gasteiger partial charge in [-0.3, -0.25) is 9.69 Å². The number of benzene rings is 1. The molecule has 5 nitrogen and oxygen atoms in total. The van der Waals surface area contributed by atoms with Gasteiger partial charge < -0.3 is 9.84 Å². The second-order valence-corrected chi connectivity index (χ2v) is 6.78. The van der Waals surface area contributed by atoms with Crippen molar-refractivity contribution in [3.63, 3.8) is 0 Å². The van der Waals surface area contributed by atoms with Crippen LogP contribution in [0.4, 0.5) is 0 Å². The predicted octanol–water partition coefficient (Wildman–Crippen LogP) is 2.83. The van der Waals surface area contributed by atoms with Gasteiger partial charge in [-0.25, -0.2) is 4.79 Å². The predicted molar refractivity (Wildman–Crippen MR) is 85.1 cm³/mol. The summed E-state index contributed by atoms with van der Waals surface area (Å²) in [5.41, 5.74) is 0.657. The fourth-order valence-corrected chi connectivity index (χ4v) is 3.71. The molecule has 0 aromatic heterocycles. The van der Waals surface area contributed by atoms with Crippen LogP contribution in [0, 0.1) is 12.8 Å². The number of amides is 1. The van der Waals surface area contributed by atoms with Crippen molar-refractivity contribution in [2.75, 3.05) is 6.61 Å². The zero-order chi connectivity index (χ0) is 16.6. The maximum Gasteiger partial charge on any atom is 0.328 e. The Kier molecular flexibility index (Phi) is 4.15. The summed E-state index contributed by atoms with van der Waals surface area (Å²) in [4.78, 5) is 26.3. The monoisotopic (exact) mass is 317 g/mol. The van der Waals surface area contributed by atoms with Crippen molar-refractivity contribution >= 4 is 11.9 Å². The minimum atomic E-state index is -0.998. The number of hydrogen-bond acceptors (Lipinski definition) is 3. The van der Waals surface area contributed by atoms with Crippen LogP contribution in [-0.4, -0.2) is 40.3 Å². The van der Waals surface area contributed by atoms with Gasteiger partial charge in [0, 0.05) is 5.56 Å². The van der Waals surface area contributed by atoms with E-state index in [1.807, 2.05) is 25.1 Å². The van der Waals surface area contributed by atoms with Gasteiger partial charge in [-0.2, -0.15) is 0 Å². The molecule has 1 atom stereocenters. The van der Waals surface area contributed by atoms with Gasteiger partial charge in [0.25, 0.3) is 5.91 Å². The summed E-state index contributed by atoms with van der Waals surface area (Å²) in [7, 11) is 0. The molecule has 0 unspecified atom stereocenters. The van der Waals surface area contributed by atoms with Gasteiger partial charge in [0.1, 0.15) is 5.72 Å². The molecule has 1 aliphatic heterocycles. The molecule has 3 rings (SSSR count). The Morgan fingerprint density at radius 1 is 1.26 bits per heavy atom. The van der Waals surface area contributed by atoms with Crippen molar-refractivity contribution in [1.29, 1.82) is 0 Å².